The number of aromatic amines is 1. The third kappa shape index (κ3) is 5.49. The number of alkyl halides is 3. The van der Waals surface area contributed by atoms with Gasteiger partial charge >= 0.3 is 6.18 Å². The Labute approximate surface area is 219 Å². The minimum Gasteiger partial charge on any atom is -0.353 e. The molecule has 200 valence electrons. The molecule has 0 aliphatic heterocycles. The van der Waals surface area contributed by atoms with Crippen molar-refractivity contribution in [3.8, 4) is 11.4 Å². The number of H-pyrrole nitrogens is 1. The van der Waals surface area contributed by atoms with Crippen LogP contribution in [-0.4, -0.2) is 41.5 Å². The van der Waals surface area contributed by atoms with E-state index in [1.54, 1.807) is 23.8 Å². The maximum absolute atomic E-state index is 14.7. The number of benzene rings is 1. The summed E-state index contributed by atoms with van der Waals surface area (Å²) in [4.78, 5) is 23.9. The Balaban J connectivity index is 1.79. The Bertz CT molecular complexity index is 1620. The van der Waals surface area contributed by atoms with Crippen molar-refractivity contribution >= 4 is 44.3 Å². The first-order valence-electron chi connectivity index (χ1n) is 11.1. The van der Waals surface area contributed by atoms with Crippen LogP contribution in [0.4, 0.5) is 23.4 Å². The molecule has 0 saturated heterocycles. The Hall–Kier alpha value is -3.55. The second-order valence-corrected chi connectivity index (χ2v) is 10.4. The molecule has 0 radical (unpaired) electrons. The lowest BCUT2D eigenvalue weighted by Gasteiger charge is -2.17. The number of hydrogen-bond donors (Lipinski definition) is 3. The summed E-state index contributed by atoms with van der Waals surface area (Å²) in [5.74, 6) is -1.17. The molecule has 0 bridgehead atoms. The smallest absolute Gasteiger partial charge is 0.353 e. The quantitative estimate of drug-likeness (QED) is 0.256. The van der Waals surface area contributed by atoms with Crippen LogP contribution in [-0.2, 0) is 16.4 Å². The molecule has 4 rings (SSSR count). The van der Waals surface area contributed by atoms with Crippen LogP contribution in [0.5, 0.6) is 0 Å². The fourth-order valence-electron chi connectivity index (χ4n) is 3.66. The van der Waals surface area contributed by atoms with E-state index in [9.17, 15) is 30.8 Å². The van der Waals surface area contributed by atoms with Gasteiger partial charge < -0.3 is 10.3 Å². The normalized spacial score (nSPS) is 13.0. The topological polar surface area (TPSA) is 117 Å². The van der Waals surface area contributed by atoms with Crippen molar-refractivity contribution in [3.05, 3.63) is 70.8 Å². The van der Waals surface area contributed by atoms with Crippen molar-refractivity contribution in [2.75, 3.05) is 5.32 Å². The average Bonchev–Trinajstić information content (AvgIpc) is 3.22. The fraction of sp³-hybridized carbons (Fsp3) is 0.208. The molecule has 1 aromatic carbocycles. The van der Waals surface area contributed by atoms with Crippen LogP contribution < -0.4 is 10.0 Å². The number of hydrogen-bond acceptors (Lipinski definition) is 5. The van der Waals surface area contributed by atoms with E-state index in [-0.39, 0.29) is 33.2 Å². The monoisotopic (exact) mass is 569 g/mol. The van der Waals surface area contributed by atoms with E-state index in [1.807, 2.05) is 0 Å². The summed E-state index contributed by atoms with van der Waals surface area (Å²) in [5, 5.41) is 2.95. The minimum atomic E-state index is -4.78. The number of rotatable bonds is 7. The summed E-state index contributed by atoms with van der Waals surface area (Å²) in [6.07, 6.45) is -2.12. The van der Waals surface area contributed by atoms with E-state index in [2.05, 4.69) is 20.3 Å². The summed E-state index contributed by atoms with van der Waals surface area (Å²) in [5.41, 5.74) is 0.992. The van der Waals surface area contributed by atoms with E-state index >= 15 is 0 Å². The molecular weight excluding hydrogens is 550 g/mol. The maximum Gasteiger partial charge on any atom is 0.404 e. The number of nitrogens with one attached hydrogen (secondary N) is 3. The number of carbonyl (C=O) groups excluding carboxylic acids is 1. The molecule has 8 nitrogen and oxygen atoms in total. The molecule has 0 fully saturated rings. The highest BCUT2D eigenvalue weighted by molar-refractivity contribution is 7.89. The third-order valence-electron chi connectivity index (χ3n) is 5.69. The summed E-state index contributed by atoms with van der Waals surface area (Å²) in [7, 11) is -4.55. The number of aryl methyl sites for hydroxylation is 1. The highest BCUT2D eigenvalue weighted by Crippen LogP contribution is 2.33. The average molecular weight is 570 g/mol. The van der Waals surface area contributed by atoms with E-state index < -0.39 is 38.9 Å². The molecule has 0 aliphatic carbocycles. The Morgan fingerprint density at radius 1 is 1.18 bits per heavy atom. The van der Waals surface area contributed by atoms with Crippen LogP contribution in [0, 0.1) is 5.82 Å². The molecule has 0 unspecified atom stereocenters. The minimum absolute atomic E-state index is 0.0183. The molecule has 3 N–H and O–H groups in total. The number of nitrogens with zero attached hydrogens (tertiary/aromatic N) is 2. The van der Waals surface area contributed by atoms with Gasteiger partial charge in [0.25, 0.3) is 5.91 Å². The van der Waals surface area contributed by atoms with Crippen LogP contribution in [0.25, 0.3) is 22.3 Å². The van der Waals surface area contributed by atoms with E-state index in [4.69, 9.17) is 11.6 Å². The summed E-state index contributed by atoms with van der Waals surface area (Å²) < 4.78 is 79.6. The summed E-state index contributed by atoms with van der Waals surface area (Å²) in [6.45, 7) is 2.44. The van der Waals surface area contributed by atoms with E-state index in [1.165, 1.54) is 24.4 Å². The Morgan fingerprint density at radius 3 is 2.53 bits per heavy atom. The Morgan fingerprint density at radius 2 is 1.92 bits per heavy atom. The van der Waals surface area contributed by atoms with Gasteiger partial charge in [0.1, 0.15) is 16.8 Å². The molecule has 1 atom stereocenters. The number of halogens is 5. The molecular formula is C24H20ClF4N5O3S. The van der Waals surface area contributed by atoms with Crippen molar-refractivity contribution in [2.24, 2.45) is 0 Å². The zero-order valence-electron chi connectivity index (χ0n) is 19.8. The molecule has 14 heteroatoms. The number of anilines is 1. The van der Waals surface area contributed by atoms with E-state index in [0.717, 1.165) is 12.3 Å². The van der Waals surface area contributed by atoms with Crippen molar-refractivity contribution < 1.29 is 30.8 Å². The fourth-order valence-corrected chi connectivity index (χ4v) is 5.00. The van der Waals surface area contributed by atoms with Crippen molar-refractivity contribution in [2.45, 2.75) is 37.4 Å². The highest BCUT2D eigenvalue weighted by Gasteiger charge is 2.39. The molecule has 38 heavy (non-hydrogen) atoms. The van der Waals surface area contributed by atoms with Crippen LogP contribution in [0.2, 0.25) is 5.02 Å². The second kappa shape index (κ2) is 10.3. The standard InChI is InChI=1S/C24H20ClF4N5O3S/c1-3-13-9-19-15(10-17(13)26)20(23(35)33-22-16(25)5-4-8-30-22)21(32-19)18-7-6-14(11-31-18)38(36,37)34-12(2)24(27,28)29/h4-12,32,34H,3H2,1-2H3,(H,30,33,35)/t12-/m0/s1. The van der Waals surface area contributed by atoms with Gasteiger partial charge in [-0.2, -0.15) is 17.9 Å². The third-order valence-corrected chi connectivity index (χ3v) is 7.52. The number of fused-ring (bicyclic) bond motifs is 1. The number of carbonyl (C=O) groups is 1. The van der Waals surface area contributed by atoms with Gasteiger partial charge in [0.2, 0.25) is 10.0 Å². The summed E-state index contributed by atoms with van der Waals surface area (Å²) in [6, 6.07) is 5.78. The van der Waals surface area contributed by atoms with E-state index in [0.29, 0.717) is 24.4 Å². The SMILES string of the molecule is CCc1cc2[nH]c(-c3ccc(S(=O)(=O)N[C@@H](C)C(F)(F)F)cn3)c(C(=O)Nc3ncccc3Cl)c2cc1F. The molecule has 4 aromatic rings. The summed E-state index contributed by atoms with van der Waals surface area (Å²) >= 11 is 6.10. The first kappa shape index (κ1) is 27.5. The molecule has 0 spiro atoms. The van der Waals surface area contributed by atoms with Gasteiger partial charge in [0, 0.05) is 23.3 Å². The predicted molar refractivity (Wildman–Crippen MR) is 134 cm³/mol. The first-order valence-corrected chi connectivity index (χ1v) is 13.0. The molecule has 3 heterocycles. The molecule has 3 aromatic heterocycles. The highest BCUT2D eigenvalue weighted by atomic mass is 35.5. The second-order valence-electron chi connectivity index (χ2n) is 8.27. The lowest BCUT2D eigenvalue weighted by molar-refractivity contribution is -0.147. The van der Waals surface area contributed by atoms with Gasteiger partial charge in [-0.3, -0.25) is 9.78 Å². The number of sulfonamides is 1. The lowest BCUT2D eigenvalue weighted by atomic mass is 10.0. The van der Waals surface area contributed by atoms with Gasteiger partial charge in [0.15, 0.2) is 5.82 Å². The number of amides is 1. The van der Waals surface area contributed by atoms with Crippen molar-refractivity contribution in [1.82, 2.24) is 19.7 Å². The van der Waals surface area contributed by atoms with Gasteiger partial charge in [0.05, 0.1) is 22.0 Å². The molecule has 1 amide bonds. The zero-order valence-corrected chi connectivity index (χ0v) is 21.4. The Kier molecular flexibility index (Phi) is 7.46. The van der Waals surface area contributed by atoms with Gasteiger partial charge in [-0.05, 0) is 55.3 Å². The zero-order chi connectivity index (χ0) is 27.8. The lowest BCUT2D eigenvalue weighted by Crippen LogP contribution is -2.42. The predicted octanol–water partition coefficient (Wildman–Crippen LogP) is 5.46. The van der Waals surface area contributed by atoms with Crippen LogP contribution in [0.1, 0.15) is 29.8 Å². The van der Waals surface area contributed by atoms with Crippen LogP contribution >= 0.6 is 11.6 Å². The van der Waals surface area contributed by atoms with Gasteiger partial charge in [-0.25, -0.2) is 17.8 Å². The number of aromatic nitrogens is 3. The van der Waals surface area contributed by atoms with Crippen LogP contribution in [0.3, 0.4) is 0 Å². The van der Waals surface area contributed by atoms with Gasteiger partial charge in [-0.1, -0.05) is 18.5 Å². The van der Waals surface area contributed by atoms with Gasteiger partial charge in [-0.15, -0.1) is 0 Å². The maximum atomic E-state index is 14.7. The largest absolute Gasteiger partial charge is 0.404 e. The van der Waals surface area contributed by atoms with Crippen molar-refractivity contribution in [3.63, 3.8) is 0 Å². The number of pyridine rings is 2. The van der Waals surface area contributed by atoms with Crippen LogP contribution in [0.15, 0.2) is 53.7 Å². The molecule has 0 aliphatic rings. The first-order chi connectivity index (χ1) is 17.8. The van der Waals surface area contributed by atoms with Crippen molar-refractivity contribution in [1.29, 1.82) is 0 Å². The molecule has 0 saturated carbocycles.